The zero-order chi connectivity index (χ0) is 21.9. The van der Waals surface area contributed by atoms with Gasteiger partial charge >= 0.3 is 0 Å². The number of anilines is 1. The van der Waals surface area contributed by atoms with Crippen LogP contribution in [-0.4, -0.2) is 25.1 Å². The van der Waals surface area contributed by atoms with E-state index >= 15 is 0 Å². The Balaban J connectivity index is 1.18. The highest BCUT2D eigenvalue weighted by Gasteiger charge is 2.13. The van der Waals surface area contributed by atoms with E-state index in [-0.39, 0.29) is 18.3 Å². The normalized spacial score (nSPS) is 11.0. The number of ether oxygens (including phenoxy) is 1. The highest BCUT2D eigenvalue weighted by Crippen LogP contribution is 2.19. The number of aromatic nitrogens is 4. The molecule has 1 N–H and O–H groups in total. The molecule has 1 aromatic carbocycles. The van der Waals surface area contributed by atoms with E-state index < -0.39 is 0 Å². The molecule has 0 aliphatic carbocycles. The fraction of sp³-hybridized carbons (Fsp3) is 0.0870. The van der Waals surface area contributed by atoms with Gasteiger partial charge in [-0.25, -0.2) is 4.98 Å². The molecule has 0 unspecified atom stereocenters. The van der Waals surface area contributed by atoms with Crippen LogP contribution in [0.1, 0.15) is 22.0 Å². The Bertz CT molecular complexity index is 1340. The van der Waals surface area contributed by atoms with E-state index in [0.717, 1.165) is 15.8 Å². The van der Waals surface area contributed by atoms with Gasteiger partial charge in [-0.3, -0.25) is 9.48 Å². The molecule has 0 saturated heterocycles. The minimum absolute atomic E-state index is 0.201. The molecule has 8 nitrogen and oxygen atoms in total. The van der Waals surface area contributed by atoms with E-state index in [4.69, 9.17) is 9.15 Å². The minimum Gasteiger partial charge on any atom is -0.486 e. The number of halogens is 1. The lowest BCUT2D eigenvalue weighted by Gasteiger charge is -2.04. The van der Waals surface area contributed by atoms with Crippen LogP contribution in [0.25, 0.3) is 5.65 Å². The molecule has 0 atom stereocenters. The molecule has 160 valence electrons. The number of carbonyl (C=O) groups is 1. The van der Waals surface area contributed by atoms with Crippen LogP contribution in [0.5, 0.6) is 5.75 Å². The number of nitrogens with one attached hydrogen (secondary N) is 1. The predicted molar refractivity (Wildman–Crippen MR) is 122 cm³/mol. The lowest BCUT2D eigenvalue weighted by Crippen LogP contribution is -2.10. The summed E-state index contributed by atoms with van der Waals surface area (Å²) in [4.78, 5) is 17.1. The zero-order valence-electron chi connectivity index (χ0n) is 16.8. The highest BCUT2D eigenvalue weighted by atomic mass is 79.9. The van der Waals surface area contributed by atoms with Crippen LogP contribution in [0.3, 0.4) is 0 Å². The van der Waals surface area contributed by atoms with E-state index in [9.17, 15) is 4.79 Å². The minimum atomic E-state index is -0.354. The molecule has 4 heterocycles. The van der Waals surface area contributed by atoms with Gasteiger partial charge in [-0.2, -0.15) is 5.10 Å². The molecule has 0 aliphatic heterocycles. The summed E-state index contributed by atoms with van der Waals surface area (Å²) in [7, 11) is 0. The number of imidazole rings is 1. The summed E-state index contributed by atoms with van der Waals surface area (Å²) in [6.07, 6.45) is 7.24. The predicted octanol–water partition coefficient (Wildman–Crippen LogP) is 4.77. The first-order chi connectivity index (χ1) is 15.6. The highest BCUT2D eigenvalue weighted by molar-refractivity contribution is 9.10. The molecular weight excluding hydrogens is 474 g/mol. The number of fused-ring (bicyclic) bond motifs is 1. The third-order valence-corrected chi connectivity index (χ3v) is 5.24. The molecule has 4 aromatic heterocycles. The second-order valence-electron chi connectivity index (χ2n) is 7.09. The average Bonchev–Trinajstić information content (AvgIpc) is 3.53. The van der Waals surface area contributed by atoms with Crippen molar-refractivity contribution < 1.29 is 13.9 Å². The van der Waals surface area contributed by atoms with Gasteiger partial charge in [0.15, 0.2) is 5.76 Å². The molecule has 0 aliphatic rings. The number of furan rings is 1. The Morgan fingerprint density at radius 2 is 1.97 bits per heavy atom. The van der Waals surface area contributed by atoms with Crippen LogP contribution in [0.4, 0.5) is 5.69 Å². The average molecular weight is 492 g/mol. The molecule has 32 heavy (non-hydrogen) atoms. The first kappa shape index (κ1) is 20.1. The van der Waals surface area contributed by atoms with Crippen LogP contribution < -0.4 is 10.1 Å². The van der Waals surface area contributed by atoms with Crippen molar-refractivity contribution in [3.8, 4) is 5.75 Å². The van der Waals surface area contributed by atoms with E-state index in [1.807, 2.05) is 59.3 Å². The standard InChI is InChI=1S/C23H18BrN5O3/c24-16-4-6-19(7-5-16)31-15-20-8-9-21(32-20)23(30)27-17-11-25-29(13-17)14-18-12-28-10-2-1-3-22(28)26-18/h1-13H,14-15H2,(H,27,30). The van der Waals surface area contributed by atoms with Gasteiger partial charge in [-0.15, -0.1) is 0 Å². The van der Waals surface area contributed by atoms with Gasteiger partial charge < -0.3 is 18.9 Å². The molecule has 9 heteroatoms. The van der Waals surface area contributed by atoms with E-state index in [1.165, 1.54) is 0 Å². The Hall–Kier alpha value is -3.85. The van der Waals surface area contributed by atoms with Gasteiger partial charge in [0, 0.05) is 23.1 Å². The Kier molecular flexibility index (Phi) is 5.47. The summed E-state index contributed by atoms with van der Waals surface area (Å²) in [5.74, 6) is 1.12. The topological polar surface area (TPSA) is 86.6 Å². The van der Waals surface area contributed by atoms with E-state index in [2.05, 4.69) is 31.3 Å². The number of rotatable bonds is 7. The van der Waals surface area contributed by atoms with Crippen LogP contribution in [0, 0.1) is 0 Å². The summed E-state index contributed by atoms with van der Waals surface area (Å²) in [6, 6.07) is 16.7. The van der Waals surface area contributed by atoms with Gasteiger partial charge in [0.1, 0.15) is 23.8 Å². The molecule has 5 rings (SSSR count). The first-order valence-electron chi connectivity index (χ1n) is 9.86. The fourth-order valence-corrected chi connectivity index (χ4v) is 3.46. The summed E-state index contributed by atoms with van der Waals surface area (Å²) >= 11 is 3.38. The number of hydrogen-bond acceptors (Lipinski definition) is 5. The van der Waals surface area contributed by atoms with Crippen molar-refractivity contribution in [2.24, 2.45) is 0 Å². The maximum atomic E-state index is 12.5. The van der Waals surface area contributed by atoms with Gasteiger partial charge in [0.05, 0.1) is 24.1 Å². The van der Waals surface area contributed by atoms with Crippen LogP contribution in [0.2, 0.25) is 0 Å². The number of carbonyl (C=O) groups excluding carboxylic acids is 1. The van der Waals surface area contributed by atoms with Crippen molar-refractivity contribution in [2.75, 3.05) is 5.32 Å². The molecule has 0 saturated carbocycles. The zero-order valence-corrected chi connectivity index (χ0v) is 18.4. The van der Waals surface area contributed by atoms with Crippen LogP contribution in [0.15, 0.2) is 88.3 Å². The van der Waals surface area contributed by atoms with E-state index in [0.29, 0.717) is 23.7 Å². The second kappa shape index (κ2) is 8.72. The Morgan fingerprint density at radius 3 is 2.81 bits per heavy atom. The van der Waals surface area contributed by atoms with Crippen molar-refractivity contribution in [1.82, 2.24) is 19.2 Å². The van der Waals surface area contributed by atoms with Crippen molar-refractivity contribution in [3.05, 3.63) is 101 Å². The van der Waals surface area contributed by atoms with Crippen molar-refractivity contribution in [2.45, 2.75) is 13.2 Å². The summed E-state index contributed by atoms with van der Waals surface area (Å²) in [6.45, 7) is 0.724. The molecule has 0 radical (unpaired) electrons. The molecule has 5 aromatic rings. The molecule has 0 bridgehead atoms. The first-order valence-corrected chi connectivity index (χ1v) is 10.7. The number of amides is 1. The Labute approximate surface area is 191 Å². The SMILES string of the molecule is O=C(Nc1cnn(Cc2cn3ccccc3n2)c1)c1ccc(COc2ccc(Br)cc2)o1. The van der Waals surface area contributed by atoms with Gasteiger partial charge in [0.2, 0.25) is 0 Å². The van der Waals surface area contributed by atoms with Gasteiger partial charge in [-0.1, -0.05) is 22.0 Å². The summed E-state index contributed by atoms with van der Waals surface area (Å²) < 4.78 is 15.9. The second-order valence-corrected chi connectivity index (χ2v) is 8.00. The lowest BCUT2D eigenvalue weighted by molar-refractivity contribution is 0.0992. The smallest absolute Gasteiger partial charge is 0.291 e. The summed E-state index contributed by atoms with van der Waals surface area (Å²) in [5.41, 5.74) is 2.32. The largest absolute Gasteiger partial charge is 0.486 e. The van der Waals surface area contributed by atoms with Gasteiger partial charge in [-0.05, 0) is 48.5 Å². The maximum absolute atomic E-state index is 12.5. The van der Waals surface area contributed by atoms with Crippen molar-refractivity contribution >= 4 is 33.2 Å². The Morgan fingerprint density at radius 1 is 1.09 bits per heavy atom. The number of hydrogen-bond donors (Lipinski definition) is 1. The van der Waals surface area contributed by atoms with Crippen molar-refractivity contribution in [1.29, 1.82) is 0 Å². The molecule has 1 amide bonds. The maximum Gasteiger partial charge on any atom is 0.291 e. The monoisotopic (exact) mass is 491 g/mol. The third kappa shape index (κ3) is 4.57. The van der Waals surface area contributed by atoms with Gasteiger partial charge in [0.25, 0.3) is 5.91 Å². The van der Waals surface area contributed by atoms with Crippen LogP contribution >= 0.6 is 15.9 Å². The van der Waals surface area contributed by atoms with Crippen LogP contribution in [-0.2, 0) is 13.2 Å². The molecule has 0 fully saturated rings. The number of benzene rings is 1. The lowest BCUT2D eigenvalue weighted by atomic mass is 10.3. The number of nitrogens with zero attached hydrogens (tertiary/aromatic N) is 4. The van der Waals surface area contributed by atoms with Crippen molar-refractivity contribution in [3.63, 3.8) is 0 Å². The summed E-state index contributed by atoms with van der Waals surface area (Å²) in [5, 5.41) is 7.10. The quantitative estimate of drug-likeness (QED) is 0.354. The molecular formula is C23H18BrN5O3. The third-order valence-electron chi connectivity index (χ3n) is 4.71. The number of pyridine rings is 1. The fourth-order valence-electron chi connectivity index (χ4n) is 3.20. The molecule has 0 spiro atoms. The van der Waals surface area contributed by atoms with E-state index in [1.54, 1.807) is 29.2 Å².